The summed E-state index contributed by atoms with van der Waals surface area (Å²) in [4.78, 5) is 28.3. The molecule has 0 heterocycles. The van der Waals surface area contributed by atoms with E-state index in [1.165, 1.54) is 24.1 Å². The van der Waals surface area contributed by atoms with Crippen LogP contribution in [0.25, 0.3) is 0 Å². The first-order valence-electron chi connectivity index (χ1n) is 12.7. The van der Waals surface area contributed by atoms with E-state index in [1.54, 1.807) is 87.7 Å². The summed E-state index contributed by atoms with van der Waals surface area (Å²) >= 11 is 0. The molecule has 2 amide bonds. The zero-order valence-corrected chi connectivity index (χ0v) is 23.5. The van der Waals surface area contributed by atoms with E-state index in [-0.39, 0.29) is 23.0 Å². The van der Waals surface area contributed by atoms with E-state index < -0.39 is 28.5 Å². The van der Waals surface area contributed by atoms with Crippen LogP contribution in [-0.4, -0.2) is 58.5 Å². The van der Waals surface area contributed by atoms with E-state index in [0.29, 0.717) is 24.5 Å². The van der Waals surface area contributed by atoms with Gasteiger partial charge in [0.2, 0.25) is 11.8 Å². The monoisotopic (exact) mass is 553 g/mol. The Kier molecular flexibility index (Phi) is 10.3. The minimum atomic E-state index is -4.17. The lowest BCUT2D eigenvalue weighted by Gasteiger charge is -2.33. The fraction of sp³-hybridized carbons (Fsp3) is 0.310. The lowest BCUT2D eigenvalue weighted by atomic mass is 10.1. The molecule has 3 aromatic rings. The summed E-state index contributed by atoms with van der Waals surface area (Å²) in [5.74, 6) is 0.105. The van der Waals surface area contributed by atoms with Crippen LogP contribution in [0.1, 0.15) is 25.8 Å². The van der Waals surface area contributed by atoms with Gasteiger partial charge in [0.15, 0.2) is 0 Å². The number of rotatable bonds is 13. The van der Waals surface area contributed by atoms with E-state index in [2.05, 4.69) is 5.32 Å². The first-order valence-corrected chi connectivity index (χ1v) is 14.1. The van der Waals surface area contributed by atoms with Crippen molar-refractivity contribution in [3.8, 4) is 11.5 Å². The number of methoxy groups -OCH3 is 1. The van der Waals surface area contributed by atoms with Crippen LogP contribution in [0.4, 0.5) is 5.69 Å². The van der Waals surface area contributed by atoms with Crippen LogP contribution in [0.2, 0.25) is 0 Å². The number of para-hydroxylation sites is 2. The molecule has 0 aromatic heterocycles. The molecule has 0 aliphatic rings. The molecular formula is C29H35N3O6S. The quantitative estimate of drug-likeness (QED) is 0.345. The zero-order chi connectivity index (χ0) is 28.4. The molecule has 0 fully saturated rings. The van der Waals surface area contributed by atoms with Gasteiger partial charge < -0.3 is 19.7 Å². The average Bonchev–Trinajstić information content (AvgIpc) is 2.96. The fourth-order valence-corrected chi connectivity index (χ4v) is 5.63. The van der Waals surface area contributed by atoms with Gasteiger partial charge in [0.05, 0.1) is 24.3 Å². The van der Waals surface area contributed by atoms with Gasteiger partial charge in [-0.05, 0) is 55.3 Å². The molecule has 0 saturated heterocycles. The summed E-state index contributed by atoms with van der Waals surface area (Å²) in [6.45, 7) is 3.47. The topological polar surface area (TPSA) is 105 Å². The summed E-state index contributed by atoms with van der Waals surface area (Å²) < 4.78 is 39.8. The van der Waals surface area contributed by atoms with Gasteiger partial charge in [-0.2, -0.15) is 0 Å². The smallest absolute Gasteiger partial charge is 0.264 e. The first-order chi connectivity index (χ1) is 18.8. The van der Waals surface area contributed by atoms with Crippen molar-refractivity contribution >= 4 is 27.5 Å². The largest absolute Gasteiger partial charge is 0.497 e. The van der Waals surface area contributed by atoms with Crippen LogP contribution >= 0.6 is 0 Å². The highest BCUT2D eigenvalue weighted by atomic mass is 32.2. The second kappa shape index (κ2) is 13.7. The van der Waals surface area contributed by atoms with E-state index >= 15 is 0 Å². The van der Waals surface area contributed by atoms with Gasteiger partial charge in [-0.3, -0.25) is 13.9 Å². The maximum atomic E-state index is 14.0. The number of carbonyl (C=O) groups excluding carboxylic acids is 2. The number of likely N-dealkylation sites (N-methyl/N-ethyl adjacent to an activating group) is 1. The minimum absolute atomic E-state index is 0.0316. The molecule has 0 radical (unpaired) electrons. The SMILES string of the molecule is CCOc1ccccc1N(CC(=O)N(Cc1ccc(OC)cc1)[C@@H](CC)C(=O)NC)S(=O)(=O)c1ccccc1. The highest BCUT2D eigenvalue weighted by Gasteiger charge is 2.34. The van der Waals surface area contributed by atoms with Crippen LogP contribution in [-0.2, 0) is 26.2 Å². The molecular weight excluding hydrogens is 518 g/mol. The molecule has 0 spiro atoms. The Hall–Kier alpha value is -4.05. The van der Waals surface area contributed by atoms with E-state index in [4.69, 9.17) is 9.47 Å². The van der Waals surface area contributed by atoms with Crippen molar-refractivity contribution in [1.29, 1.82) is 0 Å². The molecule has 0 aliphatic carbocycles. The number of amides is 2. The van der Waals surface area contributed by atoms with Crippen molar-refractivity contribution in [3.05, 3.63) is 84.4 Å². The molecule has 3 aromatic carbocycles. The third-order valence-corrected chi connectivity index (χ3v) is 7.96. The van der Waals surface area contributed by atoms with Crippen molar-refractivity contribution in [3.63, 3.8) is 0 Å². The number of ether oxygens (including phenoxy) is 2. The molecule has 208 valence electrons. The van der Waals surface area contributed by atoms with Gasteiger partial charge in [-0.25, -0.2) is 8.42 Å². The van der Waals surface area contributed by atoms with Gasteiger partial charge in [0.25, 0.3) is 10.0 Å². The predicted molar refractivity (Wildman–Crippen MR) is 150 cm³/mol. The summed E-state index contributed by atoms with van der Waals surface area (Å²) in [5.41, 5.74) is 0.993. The number of anilines is 1. The molecule has 0 bridgehead atoms. The number of nitrogens with zero attached hydrogens (tertiary/aromatic N) is 2. The summed E-state index contributed by atoms with van der Waals surface area (Å²) in [5, 5.41) is 2.62. The summed E-state index contributed by atoms with van der Waals surface area (Å²) in [6.07, 6.45) is 0.336. The highest BCUT2D eigenvalue weighted by molar-refractivity contribution is 7.92. The van der Waals surface area contributed by atoms with Gasteiger partial charge in [-0.15, -0.1) is 0 Å². The van der Waals surface area contributed by atoms with Crippen LogP contribution in [0.3, 0.4) is 0 Å². The second-order valence-corrected chi connectivity index (χ2v) is 10.5. The van der Waals surface area contributed by atoms with Crippen molar-refractivity contribution < 1.29 is 27.5 Å². The summed E-state index contributed by atoms with van der Waals surface area (Å²) in [7, 11) is -1.11. The predicted octanol–water partition coefficient (Wildman–Crippen LogP) is 3.84. The second-order valence-electron chi connectivity index (χ2n) is 8.63. The fourth-order valence-electron chi connectivity index (χ4n) is 4.19. The third-order valence-electron chi connectivity index (χ3n) is 6.19. The number of hydrogen-bond donors (Lipinski definition) is 1. The standard InChI is InChI=1S/C29H35N3O6S/c1-5-25(29(34)30-3)31(20-22-16-18-23(37-4)19-17-22)28(33)21-32(26-14-10-11-15-27(26)38-6-2)39(35,36)24-12-8-7-9-13-24/h7-19,25H,5-6,20-21H2,1-4H3,(H,30,34)/t25-/m0/s1. The Morgan fingerprint density at radius 3 is 2.15 bits per heavy atom. The van der Waals surface area contributed by atoms with Gasteiger partial charge in [0, 0.05) is 13.6 Å². The number of carbonyl (C=O) groups is 2. The van der Waals surface area contributed by atoms with Gasteiger partial charge >= 0.3 is 0 Å². The lowest BCUT2D eigenvalue weighted by Crippen LogP contribution is -2.51. The van der Waals surface area contributed by atoms with E-state index in [0.717, 1.165) is 9.87 Å². The van der Waals surface area contributed by atoms with Gasteiger partial charge in [0.1, 0.15) is 24.1 Å². The van der Waals surface area contributed by atoms with Gasteiger partial charge in [-0.1, -0.05) is 49.4 Å². The van der Waals surface area contributed by atoms with Crippen LogP contribution in [0.5, 0.6) is 11.5 Å². The molecule has 0 unspecified atom stereocenters. The Bertz CT molecular complexity index is 1350. The van der Waals surface area contributed by atoms with E-state index in [9.17, 15) is 18.0 Å². The maximum absolute atomic E-state index is 14.0. The van der Waals surface area contributed by atoms with Crippen molar-refractivity contribution in [2.45, 2.75) is 37.8 Å². The highest BCUT2D eigenvalue weighted by Crippen LogP contribution is 2.33. The molecule has 1 atom stereocenters. The molecule has 10 heteroatoms. The molecule has 1 N–H and O–H groups in total. The van der Waals surface area contributed by atoms with Crippen molar-refractivity contribution in [1.82, 2.24) is 10.2 Å². The molecule has 39 heavy (non-hydrogen) atoms. The number of sulfonamides is 1. The third kappa shape index (κ3) is 7.08. The first kappa shape index (κ1) is 29.5. The molecule has 0 saturated carbocycles. The Morgan fingerprint density at radius 1 is 0.923 bits per heavy atom. The minimum Gasteiger partial charge on any atom is -0.497 e. The number of hydrogen-bond acceptors (Lipinski definition) is 6. The van der Waals surface area contributed by atoms with E-state index in [1.807, 2.05) is 0 Å². The Morgan fingerprint density at radius 2 is 1.56 bits per heavy atom. The maximum Gasteiger partial charge on any atom is 0.264 e. The van der Waals surface area contributed by atoms with Crippen molar-refractivity contribution in [2.75, 3.05) is 31.6 Å². The number of benzene rings is 3. The van der Waals surface area contributed by atoms with Crippen LogP contribution in [0, 0.1) is 0 Å². The molecule has 0 aliphatic heterocycles. The average molecular weight is 554 g/mol. The normalized spacial score (nSPS) is 11.8. The van der Waals surface area contributed by atoms with Crippen molar-refractivity contribution in [2.24, 2.45) is 0 Å². The Balaban J connectivity index is 2.08. The lowest BCUT2D eigenvalue weighted by molar-refractivity contribution is -0.140. The molecule has 9 nitrogen and oxygen atoms in total. The number of nitrogens with one attached hydrogen (secondary N) is 1. The summed E-state index contributed by atoms with van der Waals surface area (Å²) in [6, 6.07) is 20.9. The molecule has 3 rings (SSSR count). The van der Waals surface area contributed by atoms with Crippen LogP contribution < -0.4 is 19.1 Å². The van der Waals surface area contributed by atoms with Crippen LogP contribution in [0.15, 0.2) is 83.8 Å². The zero-order valence-electron chi connectivity index (χ0n) is 22.7. The Labute approximate surface area is 230 Å².